The molecule has 0 atom stereocenters. The number of hydrogen-bond acceptors (Lipinski definition) is 2. The average molecular weight is 481 g/mol. The SMILES string of the molecule is Cc1c(-c2ccc(Cl)c(F)c2)c(C(=O)N2CCOCC2)n(Cc2ccccc2)c1C(F)(F)F. The Hall–Kier alpha value is -2.84. The van der Waals surface area contributed by atoms with Gasteiger partial charge in [-0.25, -0.2) is 4.39 Å². The Morgan fingerprint density at radius 3 is 2.36 bits per heavy atom. The van der Waals surface area contributed by atoms with Crippen LogP contribution in [0.1, 0.15) is 27.3 Å². The Bertz CT molecular complexity index is 1170. The van der Waals surface area contributed by atoms with Crippen molar-refractivity contribution in [3.05, 3.63) is 81.9 Å². The molecule has 0 radical (unpaired) electrons. The highest BCUT2D eigenvalue weighted by Gasteiger charge is 2.42. The molecule has 1 aliphatic heterocycles. The minimum Gasteiger partial charge on any atom is -0.378 e. The van der Waals surface area contributed by atoms with Crippen LogP contribution in [0.3, 0.4) is 0 Å². The summed E-state index contributed by atoms with van der Waals surface area (Å²) in [5.74, 6) is -1.33. The van der Waals surface area contributed by atoms with Gasteiger partial charge in [-0.3, -0.25) is 4.79 Å². The molecule has 4 nitrogen and oxygen atoms in total. The molecule has 0 unspecified atom stereocenters. The Kier molecular flexibility index (Phi) is 6.50. The number of rotatable bonds is 4. The van der Waals surface area contributed by atoms with E-state index in [4.69, 9.17) is 16.3 Å². The first-order valence-electron chi connectivity index (χ1n) is 10.3. The van der Waals surface area contributed by atoms with Crippen LogP contribution in [0, 0.1) is 12.7 Å². The van der Waals surface area contributed by atoms with Crippen molar-refractivity contribution in [2.45, 2.75) is 19.6 Å². The van der Waals surface area contributed by atoms with E-state index in [1.807, 2.05) is 0 Å². The van der Waals surface area contributed by atoms with E-state index in [2.05, 4.69) is 0 Å². The van der Waals surface area contributed by atoms with Gasteiger partial charge in [0.25, 0.3) is 5.91 Å². The Morgan fingerprint density at radius 1 is 1.09 bits per heavy atom. The van der Waals surface area contributed by atoms with Crippen LogP contribution in [-0.4, -0.2) is 41.7 Å². The topological polar surface area (TPSA) is 34.5 Å². The lowest BCUT2D eigenvalue weighted by Crippen LogP contribution is -2.41. The molecule has 0 bridgehead atoms. The fraction of sp³-hybridized carbons (Fsp3) is 0.292. The molecule has 1 aromatic heterocycles. The molecule has 174 valence electrons. The molecule has 9 heteroatoms. The van der Waals surface area contributed by atoms with E-state index in [9.17, 15) is 22.4 Å². The van der Waals surface area contributed by atoms with E-state index in [1.54, 1.807) is 30.3 Å². The lowest BCUT2D eigenvalue weighted by molar-refractivity contribution is -0.143. The van der Waals surface area contributed by atoms with Gasteiger partial charge in [-0.2, -0.15) is 13.2 Å². The zero-order valence-electron chi connectivity index (χ0n) is 17.8. The summed E-state index contributed by atoms with van der Waals surface area (Å²) in [6.45, 7) is 2.23. The van der Waals surface area contributed by atoms with Gasteiger partial charge in [-0.15, -0.1) is 0 Å². The van der Waals surface area contributed by atoms with Crippen molar-refractivity contribution in [3.8, 4) is 11.1 Å². The smallest absolute Gasteiger partial charge is 0.378 e. The normalized spacial score (nSPS) is 14.5. The van der Waals surface area contributed by atoms with Gasteiger partial charge in [0.2, 0.25) is 0 Å². The minimum absolute atomic E-state index is 0.0466. The van der Waals surface area contributed by atoms with Gasteiger partial charge in [-0.05, 0) is 35.7 Å². The first-order chi connectivity index (χ1) is 15.7. The predicted octanol–water partition coefficient (Wildman–Crippen LogP) is 5.80. The molecule has 1 aliphatic rings. The average Bonchev–Trinajstić information content (AvgIpc) is 3.08. The van der Waals surface area contributed by atoms with Crippen LogP contribution in [0.2, 0.25) is 5.02 Å². The number of aromatic nitrogens is 1. The first-order valence-corrected chi connectivity index (χ1v) is 10.7. The third kappa shape index (κ3) is 4.63. The number of halogens is 5. The van der Waals surface area contributed by atoms with Crippen LogP contribution in [-0.2, 0) is 17.5 Å². The van der Waals surface area contributed by atoms with Gasteiger partial charge in [0.15, 0.2) is 0 Å². The number of ether oxygens (including phenoxy) is 1. The summed E-state index contributed by atoms with van der Waals surface area (Å²) in [5, 5.41) is -0.155. The quantitative estimate of drug-likeness (QED) is 0.443. The van der Waals surface area contributed by atoms with Crippen LogP contribution in [0.5, 0.6) is 0 Å². The highest BCUT2D eigenvalue weighted by atomic mass is 35.5. The van der Waals surface area contributed by atoms with Gasteiger partial charge in [-0.1, -0.05) is 48.0 Å². The molecule has 0 saturated carbocycles. The summed E-state index contributed by atoms with van der Waals surface area (Å²) < 4.78 is 63.5. The van der Waals surface area contributed by atoms with E-state index in [0.29, 0.717) is 18.8 Å². The minimum atomic E-state index is -4.73. The van der Waals surface area contributed by atoms with Crippen molar-refractivity contribution in [2.75, 3.05) is 26.3 Å². The molecular weight excluding hydrogens is 460 g/mol. The van der Waals surface area contributed by atoms with Crippen LogP contribution >= 0.6 is 11.6 Å². The van der Waals surface area contributed by atoms with Gasteiger partial charge in [0.1, 0.15) is 17.2 Å². The molecule has 0 spiro atoms. The van der Waals surface area contributed by atoms with Gasteiger partial charge in [0, 0.05) is 25.2 Å². The fourth-order valence-corrected chi connectivity index (χ4v) is 4.30. The summed E-state index contributed by atoms with van der Waals surface area (Å²) in [6.07, 6.45) is -4.73. The van der Waals surface area contributed by atoms with E-state index < -0.39 is 23.6 Å². The molecule has 2 heterocycles. The lowest BCUT2D eigenvalue weighted by atomic mass is 10.00. The summed E-state index contributed by atoms with van der Waals surface area (Å²) in [7, 11) is 0. The molecule has 33 heavy (non-hydrogen) atoms. The summed E-state index contributed by atoms with van der Waals surface area (Å²) in [5.41, 5.74) is -0.408. The molecular formula is C24H21ClF4N2O2. The maximum Gasteiger partial charge on any atom is 0.431 e. The molecule has 1 amide bonds. The van der Waals surface area contributed by atoms with Crippen LogP contribution < -0.4 is 0 Å². The number of carbonyl (C=O) groups excluding carboxylic acids is 1. The molecule has 1 fully saturated rings. The van der Waals surface area contributed by atoms with Crippen molar-refractivity contribution in [3.63, 3.8) is 0 Å². The van der Waals surface area contributed by atoms with E-state index >= 15 is 0 Å². The second-order valence-electron chi connectivity index (χ2n) is 7.80. The number of alkyl halides is 3. The molecule has 0 aliphatic carbocycles. The van der Waals surface area contributed by atoms with Crippen LogP contribution in [0.15, 0.2) is 48.5 Å². The van der Waals surface area contributed by atoms with Crippen molar-refractivity contribution < 1.29 is 27.1 Å². The Morgan fingerprint density at radius 2 is 1.76 bits per heavy atom. The monoisotopic (exact) mass is 480 g/mol. The van der Waals surface area contributed by atoms with Crippen LogP contribution in [0.4, 0.5) is 17.6 Å². The molecule has 4 rings (SSSR count). The van der Waals surface area contributed by atoms with Crippen LogP contribution in [0.25, 0.3) is 11.1 Å². The second-order valence-corrected chi connectivity index (χ2v) is 8.21. The molecule has 3 aromatic rings. The maximum atomic E-state index is 14.3. The standard InChI is InChI=1S/C24H21ClF4N2O2/c1-15-20(17-7-8-18(25)19(26)13-17)21(23(32)30-9-11-33-12-10-30)31(22(15)24(27,28)29)14-16-5-3-2-4-6-16/h2-8,13H,9-12,14H2,1H3. The van der Waals surface area contributed by atoms with Gasteiger partial charge < -0.3 is 14.2 Å². The second kappa shape index (κ2) is 9.19. The van der Waals surface area contributed by atoms with Gasteiger partial charge in [0.05, 0.1) is 18.2 Å². The predicted molar refractivity (Wildman–Crippen MR) is 117 cm³/mol. The zero-order valence-corrected chi connectivity index (χ0v) is 18.5. The fourth-order valence-electron chi connectivity index (χ4n) is 4.18. The lowest BCUT2D eigenvalue weighted by Gasteiger charge is -2.28. The van der Waals surface area contributed by atoms with E-state index in [1.165, 1.54) is 24.0 Å². The van der Waals surface area contributed by atoms with Crippen molar-refractivity contribution in [2.24, 2.45) is 0 Å². The maximum absolute atomic E-state index is 14.3. The Balaban J connectivity index is 1.99. The third-order valence-electron chi connectivity index (χ3n) is 5.67. The molecule has 0 N–H and O–H groups in total. The zero-order chi connectivity index (χ0) is 23.8. The highest BCUT2D eigenvalue weighted by molar-refractivity contribution is 6.30. The Labute approximate surface area is 193 Å². The van der Waals surface area contributed by atoms with Gasteiger partial charge >= 0.3 is 6.18 Å². The largest absolute Gasteiger partial charge is 0.431 e. The van der Waals surface area contributed by atoms with E-state index in [-0.39, 0.29) is 47.0 Å². The number of morpholine rings is 1. The van der Waals surface area contributed by atoms with Crippen molar-refractivity contribution in [1.29, 1.82) is 0 Å². The number of carbonyl (C=O) groups is 1. The number of nitrogens with zero attached hydrogens (tertiary/aromatic N) is 2. The van der Waals surface area contributed by atoms with E-state index in [0.717, 1.165) is 10.6 Å². The first kappa shape index (κ1) is 23.3. The highest BCUT2D eigenvalue weighted by Crippen LogP contribution is 2.42. The molecule has 1 saturated heterocycles. The third-order valence-corrected chi connectivity index (χ3v) is 5.97. The number of amides is 1. The van der Waals surface area contributed by atoms with Crippen molar-refractivity contribution >= 4 is 17.5 Å². The summed E-state index contributed by atoms with van der Waals surface area (Å²) in [4.78, 5) is 15.1. The number of benzene rings is 2. The van der Waals surface area contributed by atoms with Crippen molar-refractivity contribution in [1.82, 2.24) is 9.47 Å². The number of hydrogen-bond donors (Lipinski definition) is 0. The molecule has 2 aromatic carbocycles. The summed E-state index contributed by atoms with van der Waals surface area (Å²) >= 11 is 5.80. The summed E-state index contributed by atoms with van der Waals surface area (Å²) in [6, 6.07) is 12.4.